The third-order valence-corrected chi connectivity index (χ3v) is 2.28. The zero-order chi connectivity index (χ0) is 12.1. The van der Waals surface area contributed by atoms with Crippen LogP contribution in [0.3, 0.4) is 0 Å². The highest BCUT2D eigenvalue weighted by atomic mass is 16.1. The van der Waals surface area contributed by atoms with Crippen LogP contribution in [-0.2, 0) is 6.42 Å². The van der Waals surface area contributed by atoms with Crippen LogP contribution in [-0.4, -0.2) is 27.4 Å². The first kappa shape index (κ1) is 11.1. The fraction of sp³-hybridized carbons (Fsp3) is 0.182. The zero-order valence-electron chi connectivity index (χ0n) is 9.18. The van der Waals surface area contributed by atoms with E-state index in [9.17, 15) is 4.79 Å². The van der Waals surface area contributed by atoms with E-state index in [1.54, 1.807) is 30.7 Å². The average molecular weight is 231 g/mol. The summed E-state index contributed by atoms with van der Waals surface area (Å²) >= 11 is 0. The maximum atomic E-state index is 11.1. The number of anilines is 1. The molecule has 0 saturated heterocycles. The summed E-state index contributed by atoms with van der Waals surface area (Å²) in [4.78, 5) is 22.3. The zero-order valence-corrected chi connectivity index (χ0v) is 9.18. The van der Waals surface area contributed by atoms with E-state index >= 15 is 0 Å². The molecule has 2 heterocycles. The monoisotopic (exact) mass is 231 g/mol. The summed E-state index contributed by atoms with van der Waals surface area (Å²) < 4.78 is 0. The van der Waals surface area contributed by atoms with Gasteiger partial charge in [0.05, 0.1) is 5.56 Å². The van der Waals surface area contributed by atoms with Gasteiger partial charge in [-0.05, 0) is 12.1 Å². The number of nitrogens with one attached hydrogen (secondary N) is 2. The topological polar surface area (TPSA) is 96.7 Å². The molecule has 6 nitrogen and oxygen atoms in total. The predicted molar refractivity (Wildman–Crippen MR) is 63.5 cm³/mol. The predicted octanol–water partition coefficient (Wildman–Crippen LogP) is 0.558. The third kappa shape index (κ3) is 2.81. The van der Waals surface area contributed by atoms with Gasteiger partial charge in [0.15, 0.2) is 0 Å². The van der Waals surface area contributed by atoms with E-state index in [1.807, 2.05) is 0 Å². The molecule has 2 rings (SSSR count). The molecule has 1 amide bonds. The maximum Gasteiger partial charge on any atom is 0.252 e. The van der Waals surface area contributed by atoms with Crippen LogP contribution in [0.1, 0.15) is 16.2 Å². The molecule has 0 unspecified atom stereocenters. The molecule has 0 bridgehead atoms. The van der Waals surface area contributed by atoms with E-state index in [0.29, 0.717) is 17.9 Å². The second kappa shape index (κ2) is 5.11. The van der Waals surface area contributed by atoms with Gasteiger partial charge in [0.2, 0.25) is 0 Å². The molecule has 0 spiro atoms. The van der Waals surface area contributed by atoms with Gasteiger partial charge < -0.3 is 16.0 Å². The van der Waals surface area contributed by atoms with Crippen LogP contribution in [0.15, 0.2) is 30.7 Å². The van der Waals surface area contributed by atoms with Crippen LogP contribution < -0.4 is 11.1 Å². The normalized spacial score (nSPS) is 10.1. The van der Waals surface area contributed by atoms with Gasteiger partial charge in [-0.3, -0.25) is 4.79 Å². The first-order valence-electron chi connectivity index (χ1n) is 5.24. The summed E-state index contributed by atoms with van der Waals surface area (Å²) in [5.41, 5.74) is 5.64. The van der Waals surface area contributed by atoms with Crippen molar-refractivity contribution in [2.24, 2.45) is 5.73 Å². The number of amides is 1. The van der Waals surface area contributed by atoms with E-state index in [4.69, 9.17) is 5.73 Å². The summed E-state index contributed by atoms with van der Waals surface area (Å²) in [6, 6.07) is 3.32. The molecular weight excluding hydrogens is 218 g/mol. The van der Waals surface area contributed by atoms with Gasteiger partial charge in [-0.1, -0.05) is 0 Å². The number of primary amides is 1. The number of H-pyrrole nitrogens is 1. The minimum absolute atomic E-state index is 0.395. The van der Waals surface area contributed by atoms with Crippen LogP contribution in [0.4, 0.5) is 5.82 Å². The minimum Gasteiger partial charge on any atom is -0.369 e. The molecule has 0 aromatic carbocycles. The minimum atomic E-state index is -0.487. The number of pyridine rings is 1. The molecule has 0 saturated carbocycles. The highest BCUT2D eigenvalue weighted by molar-refractivity contribution is 5.97. The van der Waals surface area contributed by atoms with Crippen LogP contribution in [0.25, 0.3) is 0 Å². The highest BCUT2D eigenvalue weighted by Gasteiger charge is 2.07. The lowest BCUT2D eigenvalue weighted by Crippen LogP contribution is -2.16. The summed E-state index contributed by atoms with van der Waals surface area (Å²) in [6.07, 6.45) is 5.80. The van der Waals surface area contributed by atoms with E-state index in [2.05, 4.69) is 20.3 Å². The largest absolute Gasteiger partial charge is 0.369 e. The fourth-order valence-electron chi connectivity index (χ4n) is 1.48. The third-order valence-electron chi connectivity index (χ3n) is 2.28. The van der Waals surface area contributed by atoms with Crippen molar-refractivity contribution in [2.75, 3.05) is 11.9 Å². The van der Waals surface area contributed by atoms with E-state index < -0.39 is 5.91 Å². The smallest absolute Gasteiger partial charge is 0.252 e. The quantitative estimate of drug-likeness (QED) is 0.700. The number of hydrogen-bond acceptors (Lipinski definition) is 4. The van der Waals surface area contributed by atoms with Gasteiger partial charge in [0, 0.05) is 31.6 Å². The van der Waals surface area contributed by atoms with Crippen LogP contribution in [0, 0.1) is 0 Å². The SMILES string of the molecule is NC(=O)c1cccnc1NCCc1ncc[nH]1. The first-order chi connectivity index (χ1) is 8.27. The highest BCUT2D eigenvalue weighted by Crippen LogP contribution is 2.10. The first-order valence-corrected chi connectivity index (χ1v) is 5.24. The number of imidazole rings is 1. The Morgan fingerprint density at radius 3 is 3.00 bits per heavy atom. The summed E-state index contributed by atoms with van der Waals surface area (Å²) in [5, 5.41) is 3.06. The molecule has 0 aliphatic heterocycles. The lowest BCUT2D eigenvalue weighted by molar-refractivity contribution is 0.100. The van der Waals surface area contributed by atoms with Gasteiger partial charge in [0.1, 0.15) is 11.6 Å². The van der Waals surface area contributed by atoms with Gasteiger partial charge in [-0.2, -0.15) is 0 Å². The molecule has 17 heavy (non-hydrogen) atoms. The summed E-state index contributed by atoms with van der Waals surface area (Å²) in [6.45, 7) is 0.630. The van der Waals surface area contributed by atoms with Gasteiger partial charge in [-0.25, -0.2) is 9.97 Å². The molecular formula is C11H13N5O. The van der Waals surface area contributed by atoms with Crippen molar-refractivity contribution in [3.8, 4) is 0 Å². The Bertz CT molecular complexity index is 494. The Morgan fingerprint density at radius 2 is 2.29 bits per heavy atom. The van der Waals surface area contributed by atoms with Crippen molar-refractivity contribution < 1.29 is 4.79 Å². The van der Waals surface area contributed by atoms with Crippen molar-refractivity contribution in [1.29, 1.82) is 0 Å². The lowest BCUT2D eigenvalue weighted by atomic mass is 10.2. The molecule has 0 atom stereocenters. The maximum absolute atomic E-state index is 11.1. The second-order valence-electron chi connectivity index (χ2n) is 3.48. The number of hydrogen-bond donors (Lipinski definition) is 3. The Labute approximate surface area is 98.3 Å². The fourth-order valence-corrected chi connectivity index (χ4v) is 1.48. The van der Waals surface area contributed by atoms with Gasteiger partial charge >= 0.3 is 0 Å². The number of nitrogens with zero attached hydrogens (tertiary/aromatic N) is 2. The van der Waals surface area contributed by atoms with Crippen molar-refractivity contribution in [1.82, 2.24) is 15.0 Å². The second-order valence-corrected chi connectivity index (χ2v) is 3.48. The van der Waals surface area contributed by atoms with E-state index in [0.717, 1.165) is 12.2 Å². The summed E-state index contributed by atoms with van der Waals surface area (Å²) in [5.74, 6) is 0.902. The standard InChI is InChI=1S/C11H13N5O/c12-10(17)8-2-1-4-15-11(8)16-5-3-9-13-6-7-14-9/h1-2,4,6-7H,3,5H2,(H2,12,17)(H,13,14)(H,15,16). The molecule has 4 N–H and O–H groups in total. The Morgan fingerprint density at radius 1 is 1.41 bits per heavy atom. The van der Waals surface area contributed by atoms with Crippen LogP contribution in [0.2, 0.25) is 0 Å². The molecule has 0 fully saturated rings. The molecule has 0 aliphatic rings. The number of carbonyl (C=O) groups is 1. The van der Waals surface area contributed by atoms with Gasteiger partial charge in [0.25, 0.3) is 5.91 Å². The van der Waals surface area contributed by atoms with Crippen LogP contribution in [0.5, 0.6) is 0 Å². The van der Waals surface area contributed by atoms with Crippen molar-refractivity contribution in [3.05, 3.63) is 42.1 Å². The molecule has 6 heteroatoms. The van der Waals surface area contributed by atoms with Crippen molar-refractivity contribution in [3.63, 3.8) is 0 Å². The lowest BCUT2D eigenvalue weighted by Gasteiger charge is -2.07. The molecule has 88 valence electrons. The number of nitrogens with two attached hydrogens (primary N) is 1. The Balaban J connectivity index is 1.97. The van der Waals surface area contributed by atoms with E-state index in [-0.39, 0.29) is 0 Å². The van der Waals surface area contributed by atoms with Crippen molar-refractivity contribution in [2.45, 2.75) is 6.42 Å². The number of aromatic amines is 1. The summed E-state index contributed by atoms with van der Waals surface area (Å²) in [7, 11) is 0. The average Bonchev–Trinajstić information content (AvgIpc) is 2.82. The molecule has 0 aliphatic carbocycles. The molecule has 2 aromatic rings. The van der Waals surface area contributed by atoms with Crippen molar-refractivity contribution >= 4 is 11.7 Å². The van der Waals surface area contributed by atoms with Gasteiger partial charge in [-0.15, -0.1) is 0 Å². The van der Waals surface area contributed by atoms with Crippen LogP contribution >= 0.6 is 0 Å². The molecule has 0 radical (unpaired) electrons. The Hall–Kier alpha value is -2.37. The molecule has 2 aromatic heterocycles. The van der Waals surface area contributed by atoms with E-state index in [1.165, 1.54) is 0 Å². The number of carbonyl (C=O) groups excluding carboxylic acids is 1. The Kier molecular flexibility index (Phi) is 3.34. The number of rotatable bonds is 5. The number of aromatic nitrogens is 3.